The summed E-state index contributed by atoms with van der Waals surface area (Å²) in [6.07, 6.45) is 0. The van der Waals surface area contributed by atoms with Crippen molar-refractivity contribution in [3.8, 4) is 11.3 Å². The Morgan fingerprint density at radius 3 is 2.25 bits per heavy atom. The Bertz CT molecular complexity index is 1450. The number of ketones is 1. The van der Waals surface area contributed by atoms with E-state index in [4.69, 9.17) is 9.72 Å². The maximum Gasteiger partial charge on any atom is 0.339 e. The lowest BCUT2D eigenvalue weighted by Crippen LogP contribution is -2.15. The first-order chi connectivity index (χ1) is 15.7. The molecule has 4 heteroatoms. The fourth-order valence-electron chi connectivity index (χ4n) is 3.85. The van der Waals surface area contributed by atoms with E-state index in [9.17, 15) is 9.59 Å². The molecule has 32 heavy (non-hydrogen) atoms. The van der Waals surface area contributed by atoms with Crippen LogP contribution in [0.5, 0.6) is 0 Å². The maximum atomic E-state index is 13.0. The van der Waals surface area contributed by atoms with E-state index in [0.29, 0.717) is 27.7 Å². The van der Waals surface area contributed by atoms with Crippen LogP contribution in [0.25, 0.3) is 32.9 Å². The predicted octanol–water partition coefficient (Wildman–Crippen LogP) is 6.09. The summed E-state index contributed by atoms with van der Waals surface area (Å²) >= 11 is 0. The van der Waals surface area contributed by atoms with E-state index in [1.54, 1.807) is 30.3 Å². The van der Waals surface area contributed by atoms with Crippen molar-refractivity contribution in [2.24, 2.45) is 0 Å². The van der Waals surface area contributed by atoms with Gasteiger partial charge in [0.15, 0.2) is 12.4 Å². The number of Topliss-reactive ketones (excluding diaryl/α,β-unsaturated/α-hetero) is 1. The van der Waals surface area contributed by atoms with Gasteiger partial charge in [-0.05, 0) is 22.9 Å². The number of carbonyl (C=O) groups excluding carboxylic acids is 2. The van der Waals surface area contributed by atoms with Gasteiger partial charge in [-0.2, -0.15) is 0 Å². The first kappa shape index (κ1) is 19.6. The van der Waals surface area contributed by atoms with E-state index in [1.807, 2.05) is 72.8 Å². The summed E-state index contributed by atoms with van der Waals surface area (Å²) in [5.74, 6) is -0.791. The normalized spacial score (nSPS) is 10.9. The van der Waals surface area contributed by atoms with E-state index in [2.05, 4.69) is 0 Å². The van der Waals surface area contributed by atoms with Gasteiger partial charge in [-0.1, -0.05) is 91.0 Å². The van der Waals surface area contributed by atoms with Gasteiger partial charge in [0, 0.05) is 16.5 Å². The summed E-state index contributed by atoms with van der Waals surface area (Å²) in [6, 6.07) is 32.1. The van der Waals surface area contributed by atoms with Gasteiger partial charge in [0.05, 0.1) is 16.8 Å². The molecule has 1 aromatic heterocycles. The molecule has 0 spiro atoms. The van der Waals surface area contributed by atoms with Gasteiger partial charge in [-0.25, -0.2) is 9.78 Å². The molecule has 0 bridgehead atoms. The van der Waals surface area contributed by atoms with Crippen molar-refractivity contribution in [3.05, 3.63) is 114 Å². The van der Waals surface area contributed by atoms with Crippen molar-refractivity contribution in [2.75, 3.05) is 6.61 Å². The molecule has 1 heterocycles. The van der Waals surface area contributed by atoms with Gasteiger partial charge in [-0.3, -0.25) is 4.79 Å². The van der Waals surface area contributed by atoms with Crippen molar-refractivity contribution < 1.29 is 14.3 Å². The van der Waals surface area contributed by atoms with Crippen molar-refractivity contribution >= 4 is 33.4 Å². The summed E-state index contributed by atoms with van der Waals surface area (Å²) in [4.78, 5) is 30.2. The summed E-state index contributed by atoms with van der Waals surface area (Å²) < 4.78 is 5.41. The number of para-hydroxylation sites is 1. The highest BCUT2D eigenvalue weighted by atomic mass is 16.5. The predicted molar refractivity (Wildman–Crippen MR) is 126 cm³/mol. The molecule has 5 aromatic rings. The van der Waals surface area contributed by atoms with Gasteiger partial charge in [0.25, 0.3) is 0 Å². The lowest BCUT2D eigenvalue weighted by Gasteiger charge is -2.11. The van der Waals surface area contributed by atoms with Crippen LogP contribution in [0.1, 0.15) is 20.7 Å². The van der Waals surface area contributed by atoms with Crippen LogP contribution >= 0.6 is 0 Å². The Kier molecular flexibility index (Phi) is 5.18. The largest absolute Gasteiger partial charge is 0.454 e. The number of carbonyl (C=O) groups is 2. The second-order valence-electron chi connectivity index (χ2n) is 7.46. The number of esters is 1. The molecular formula is C28H19NO3. The van der Waals surface area contributed by atoms with Gasteiger partial charge < -0.3 is 4.74 Å². The zero-order chi connectivity index (χ0) is 21.9. The number of hydrogen-bond acceptors (Lipinski definition) is 4. The molecule has 0 saturated carbocycles. The maximum absolute atomic E-state index is 13.0. The minimum Gasteiger partial charge on any atom is -0.454 e. The second-order valence-corrected chi connectivity index (χ2v) is 7.46. The quantitative estimate of drug-likeness (QED) is 0.256. The molecule has 0 fully saturated rings. The zero-order valence-corrected chi connectivity index (χ0v) is 17.2. The molecule has 0 saturated heterocycles. The number of ether oxygens (including phenoxy) is 1. The molecule has 5 rings (SSSR count). The topological polar surface area (TPSA) is 56.3 Å². The molecule has 0 amide bonds. The van der Waals surface area contributed by atoms with Gasteiger partial charge in [0.2, 0.25) is 0 Å². The molecule has 0 aliphatic heterocycles. The zero-order valence-electron chi connectivity index (χ0n) is 17.2. The summed E-state index contributed by atoms with van der Waals surface area (Å²) in [5, 5.41) is 2.84. The summed E-state index contributed by atoms with van der Waals surface area (Å²) in [7, 11) is 0. The van der Waals surface area contributed by atoms with E-state index in [0.717, 1.165) is 16.3 Å². The standard InChI is InChI=1S/C28H19NO3/c30-27(20-10-2-1-3-11-20)18-32-28(31)24-17-26(29-25-16-7-6-14-23(24)25)22-15-8-12-19-9-4-5-13-21(19)22/h1-17H,18H2. The van der Waals surface area contributed by atoms with E-state index in [1.165, 1.54) is 0 Å². The fourth-order valence-corrected chi connectivity index (χ4v) is 3.85. The Morgan fingerprint density at radius 2 is 1.41 bits per heavy atom. The third-order valence-electron chi connectivity index (χ3n) is 5.43. The molecule has 154 valence electrons. The Balaban J connectivity index is 1.54. The average Bonchev–Trinajstić information content (AvgIpc) is 2.86. The SMILES string of the molecule is O=C(COC(=O)c1cc(-c2cccc3ccccc23)nc2ccccc12)c1ccccc1. The van der Waals surface area contributed by atoms with E-state index < -0.39 is 5.97 Å². The second kappa shape index (κ2) is 8.44. The minimum atomic E-state index is -0.547. The number of benzene rings is 4. The average molecular weight is 417 g/mol. The summed E-state index contributed by atoms with van der Waals surface area (Å²) in [6.45, 7) is -0.316. The Morgan fingerprint density at radius 1 is 0.719 bits per heavy atom. The molecule has 0 N–H and O–H groups in total. The van der Waals surface area contributed by atoms with Crippen LogP contribution in [0.15, 0.2) is 103 Å². The Hall–Kier alpha value is -4.31. The van der Waals surface area contributed by atoms with Crippen LogP contribution in [0.3, 0.4) is 0 Å². The third kappa shape index (κ3) is 3.74. The van der Waals surface area contributed by atoms with Crippen molar-refractivity contribution in [1.29, 1.82) is 0 Å². The van der Waals surface area contributed by atoms with E-state index in [-0.39, 0.29) is 12.4 Å². The van der Waals surface area contributed by atoms with Crippen LogP contribution < -0.4 is 0 Å². The monoisotopic (exact) mass is 417 g/mol. The molecule has 0 atom stereocenters. The number of rotatable bonds is 5. The lowest BCUT2D eigenvalue weighted by atomic mass is 9.99. The molecule has 0 radical (unpaired) electrons. The first-order valence-corrected chi connectivity index (χ1v) is 10.3. The number of hydrogen-bond donors (Lipinski definition) is 0. The van der Waals surface area contributed by atoms with Crippen molar-refractivity contribution in [3.63, 3.8) is 0 Å². The van der Waals surface area contributed by atoms with Gasteiger partial charge in [-0.15, -0.1) is 0 Å². The van der Waals surface area contributed by atoms with Crippen LogP contribution in [-0.2, 0) is 4.74 Å². The molecule has 0 aliphatic rings. The molecular weight excluding hydrogens is 398 g/mol. The van der Waals surface area contributed by atoms with E-state index >= 15 is 0 Å². The molecule has 0 unspecified atom stereocenters. The first-order valence-electron chi connectivity index (χ1n) is 10.3. The fraction of sp³-hybridized carbons (Fsp3) is 0.0357. The molecule has 4 aromatic carbocycles. The highest BCUT2D eigenvalue weighted by molar-refractivity contribution is 6.07. The molecule has 0 aliphatic carbocycles. The van der Waals surface area contributed by atoms with Gasteiger partial charge in [0.1, 0.15) is 0 Å². The summed E-state index contributed by atoms with van der Waals surface area (Å²) in [5.41, 5.74) is 3.21. The number of aromatic nitrogens is 1. The number of nitrogens with zero attached hydrogens (tertiary/aromatic N) is 1. The van der Waals surface area contributed by atoms with Gasteiger partial charge >= 0.3 is 5.97 Å². The van der Waals surface area contributed by atoms with Crippen LogP contribution in [-0.4, -0.2) is 23.3 Å². The van der Waals surface area contributed by atoms with Crippen LogP contribution in [0.4, 0.5) is 0 Å². The Labute approximate surface area is 185 Å². The smallest absolute Gasteiger partial charge is 0.339 e. The molecule has 4 nitrogen and oxygen atoms in total. The van der Waals surface area contributed by atoms with Crippen LogP contribution in [0, 0.1) is 0 Å². The third-order valence-corrected chi connectivity index (χ3v) is 5.43. The highest BCUT2D eigenvalue weighted by Crippen LogP contribution is 2.30. The number of fused-ring (bicyclic) bond motifs is 2. The number of pyridine rings is 1. The van der Waals surface area contributed by atoms with Crippen LogP contribution in [0.2, 0.25) is 0 Å². The minimum absolute atomic E-state index is 0.244. The van der Waals surface area contributed by atoms with Crippen molar-refractivity contribution in [2.45, 2.75) is 0 Å². The van der Waals surface area contributed by atoms with Crippen molar-refractivity contribution in [1.82, 2.24) is 4.98 Å². The lowest BCUT2D eigenvalue weighted by molar-refractivity contribution is 0.0476. The highest BCUT2D eigenvalue weighted by Gasteiger charge is 2.17.